The van der Waals surface area contributed by atoms with E-state index >= 15 is 0 Å². The van der Waals surface area contributed by atoms with Crippen molar-refractivity contribution < 1.29 is 22.7 Å². The molecule has 0 bridgehead atoms. The fraction of sp³-hybridized carbons (Fsp3) is 0.414. The van der Waals surface area contributed by atoms with E-state index in [0.29, 0.717) is 24.5 Å². The van der Waals surface area contributed by atoms with E-state index in [0.717, 1.165) is 63.1 Å². The second kappa shape index (κ2) is 12.0. The monoisotopic (exact) mass is 539 g/mol. The summed E-state index contributed by atoms with van der Waals surface area (Å²) in [6.07, 6.45) is 4.10. The summed E-state index contributed by atoms with van der Waals surface area (Å²) in [7, 11) is 0. The number of carbonyl (C=O) groups is 1. The summed E-state index contributed by atoms with van der Waals surface area (Å²) in [4.78, 5) is 25.6. The molecule has 0 aliphatic carbocycles. The van der Waals surface area contributed by atoms with Crippen LogP contribution in [0.4, 0.5) is 18.9 Å². The predicted molar refractivity (Wildman–Crippen MR) is 142 cm³/mol. The van der Waals surface area contributed by atoms with E-state index in [2.05, 4.69) is 25.1 Å². The normalized spacial score (nSPS) is 17.7. The number of carbonyl (C=O) groups excluding carboxylic acids is 1. The zero-order chi connectivity index (χ0) is 27.2. The number of nitrogens with zero attached hydrogens (tertiary/aromatic N) is 4. The number of ether oxygens (including phenoxy) is 1. The van der Waals surface area contributed by atoms with Crippen LogP contribution >= 0.6 is 0 Å². The lowest BCUT2D eigenvalue weighted by Gasteiger charge is -2.33. The van der Waals surface area contributed by atoms with Gasteiger partial charge in [-0.3, -0.25) is 14.7 Å². The number of amides is 1. The van der Waals surface area contributed by atoms with Gasteiger partial charge in [0.15, 0.2) is 0 Å². The topological polar surface area (TPSA) is 70.6 Å². The maximum absolute atomic E-state index is 12.8. The highest BCUT2D eigenvalue weighted by Gasteiger charge is 2.30. The van der Waals surface area contributed by atoms with Gasteiger partial charge in [0.05, 0.1) is 11.8 Å². The van der Waals surface area contributed by atoms with E-state index in [1.807, 2.05) is 12.1 Å². The molecule has 3 aromatic rings. The first kappa shape index (κ1) is 26.9. The molecule has 0 unspecified atom stereocenters. The van der Waals surface area contributed by atoms with Crippen LogP contribution in [0.3, 0.4) is 0 Å². The lowest BCUT2D eigenvalue weighted by atomic mass is 10.0. The van der Waals surface area contributed by atoms with E-state index in [4.69, 9.17) is 4.74 Å². The number of hydrogen-bond acceptors (Lipinski definition) is 6. The molecule has 206 valence electrons. The van der Waals surface area contributed by atoms with E-state index in [9.17, 15) is 18.0 Å². The highest BCUT2D eigenvalue weighted by atomic mass is 19.4. The fourth-order valence-corrected chi connectivity index (χ4v) is 5.11. The Morgan fingerprint density at radius 1 is 0.923 bits per heavy atom. The minimum Gasteiger partial charge on any atom is -0.489 e. The Bertz CT molecular complexity index is 1210. The summed E-state index contributed by atoms with van der Waals surface area (Å²) in [5.74, 6) is 0.419. The SMILES string of the molecule is O=C(NC1CCN(Cc2ccncc2)CC1)c1ccc(OC2CCN(c3ccc(C(F)(F)F)cc3)CC2)cn1. The van der Waals surface area contributed by atoms with Gasteiger partial charge in [-0.15, -0.1) is 0 Å². The van der Waals surface area contributed by atoms with Crippen LogP contribution in [-0.2, 0) is 12.7 Å². The summed E-state index contributed by atoms with van der Waals surface area (Å²) in [6.45, 7) is 4.10. The first-order valence-corrected chi connectivity index (χ1v) is 13.3. The van der Waals surface area contributed by atoms with Gasteiger partial charge in [-0.2, -0.15) is 13.2 Å². The second-order valence-electron chi connectivity index (χ2n) is 10.1. The summed E-state index contributed by atoms with van der Waals surface area (Å²) in [6, 6.07) is 12.9. The van der Waals surface area contributed by atoms with E-state index in [-0.39, 0.29) is 18.1 Å². The lowest BCUT2D eigenvalue weighted by molar-refractivity contribution is -0.137. The summed E-state index contributed by atoms with van der Waals surface area (Å²) < 4.78 is 44.5. The Labute approximate surface area is 226 Å². The van der Waals surface area contributed by atoms with Crippen molar-refractivity contribution in [3.63, 3.8) is 0 Å². The van der Waals surface area contributed by atoms with E-state index < -0.39 is 11.7 Å². The number of nitrogens with one attached hydrogen (secondary N) is 1. The van der Waals surface area contributed by atoms with Gasteiger partial charge < -0.3 is 15.0 Å². The zero-order valence-electron chi connectivity index (χ0n) is 21.6. The molecule has 5 rings (SSSR count). The molecule has 2 aliphatic rings. The van der Waals surface area contributed by atoms with Gasteiger partial charge >= 0.3 is 6.18 Å². The zero-order valence-corrected chi connectivity index (χ0v) is 21.6. The number of alkyl halides is 3. The molecule has 7 nitrogen and oxygen atoms in total. The molecule has 2 fully saturated rings. The number of hydrogen-bond donors (Lipinski definition) is 1. The molecule has 0 atom stereocenters. The highest BCUT2D eigenvalue weighted by molar-refractivity contribution is 5.92. The molecule has 2 aromatic heterocycles. The smallest absolute Gasteiger partial charge is 0.416 e. The van der Waals surface area contributed by atoms with Gasteiger partial charge in [0.2, 0.25) is 0 Å². The third-order valence-corrected chi connectivity index (χ3v) is 7.35. The third kappa shape index (κ3) is 7.26. The van der Waals surface area contributed by atoms with Crippen LogP contribution in [0.5, 0.6) is 5.75 Å². The first-order chi connectivity index (χ1) is 18.8. The molecule has 4 heterocycles. The molecule has 2 saturated heterocycles. The third-order valence-electron chi connectivity index (χ3n) is 7.35. The number of likely N-dealkylation sites (tertiary alicyclic amines) is 1. The van der Waals surface area contributed by atoms with Crippen molar-refractivity contribution >= 4 is 11.6 Å². The van der Waals surface area contributed by atoms with Crippen molar-refractivity contribution in [1.29, 1.82) is 0 Å². The summed E-state index contributed by atoms with van der Waals surface area (Å²) >= 11 is 0. The van der Waals surface area contributed by atoms with E-state index in [1.165, 1.54) is 17.7 Å². The van der Waals surface area contributed by atoms with Crippen molar-refractivity contribution in [1.82, 2.24) is 20.2 Å². The van der Waals surface area contributed by atoms with Gasteiger partial charge in [-0.1, -0.05) is 0 Å². The maximum atomic E-state index is 12.8. The molecule has 1 N–H and O–H groups in total. The van der Waals surface area contributed by atoms with E-state index in [1.54, 1.807) is 30.7 Å². The highest BCUT2D eigenvalue weighted by Crippen LogP contribution is 2.31. The van der Waals surface area contributed by atoms with Gasteiger partial charge in [0.25, 0.3) is 5.91 Å². The second-order valence-corrected chi connectivity index (χ2v) is 10.1. The number of piperidine rings is 2. The molecular formula is C29H32F3N5O2. The standard InChI is InChI=1S/C29H32F3N5O2/c30-29(31,32)22-1-3-24(4-2-22)37-17-11-25(12-18-37)39-26-5-6-27(34-19-26)28(38)35-23-9-15-36(16-10-23)20-21-7-13-33-14-8-21/h1-8,13-14,19,23,25H,9-12,15-18,20H2,(H,35,38). The molecule has 0 saturated carbocycles. The van der Waals surface area contributed by atoms with Crippen LogP contribution in [0.1, 0.15) is 47.3 Å². The van der Waals surface area contributed by atoms with Crippen LogP contribution in [0, 0.1) is 0 Å². The van der Waals surface area contributed by atoms with Gasteiger partial charge in [0, 0.05) is 69.7 Å². The van der Waals surface area contributed by atoms with Gasteiger partial charge in [0.1, 0.15) is 17.5 Å². The molecule has 2 aliphatic heterocycles. The number of rotatable bonds is 7. The quantitative estimate of drug-likeness (QED) is 0.459. The van der Waals surface area contributed by atoms with Crippen molar-refractivity contribution in [2.75, 3.05) is 31.1 Å². The van der Waals surface area contributed by atoms with Gasteiger partial charge in [-0.25, -0.2) is 4.98 Å². The molecule has 0 radical (unpaired) electrons. The summed E-state index contributed by atoms with van der Waals surface area (Å²) in [5.41, 5.74) is 1.73. The predicted octanol–water partition coefficient (Wildman–Crippen LogP) is 4.94. The molecule has 39 heavy (non-hydrogen) atoms. The number of anilines is 1. The number of halogens is 3. The van der Waals surface area contributed by atoms with Crippen LogP contribution < -0.4 is 15.0 Å². The van der Waals surface area contributed by atoms with Crippen molar-refractivity contribution in [2.45, 2.75) is 50.6 Å². The fourth-order valence-electron chi connectivity index (χ4n) is 5.11. The minimum absolute atomic E-state index is 0.0190. The largest absolute Gasteiger partial charge is 0.489 e. The Morgan fingerprint density at radius 3 is 2.23 bits per heavy atom. The maximum Gasteiger partial charge on any atom is 0.416 e. The lowest BCUT2D eigenvalue weighted by Crippen LogP contribution is -2.44. The van der Waals surface area contributed by atoms with Gasteiger partial charge in [-0.05, 0) is 66.9 Å². The number of aromatic nitrogens is 2. The van der Waals surface area contributed by atoms with Crippen LogP contribution in [0.2, 0.25) is 0 Å². The Balaban J connectivity index is 1.04. The molecule has 1 amide bonds. The first-order valence-electron chi connectivity index (χ1n) is 13.3. The number of benzene rings is 1. The Morgan fingerprint density at radius 2 is 1.62 bits per heavy atom. The Kier molecular flexibility index (Phi) is 8.30. The Hall–Kier alpha value is -3.66. The molecule has 1 aromatic carbocycles. The number of pyridine rings is 2. The van der Waals surface area contributed by atoms with Crippen molar-refractivity contribution in [3.8, 4) is 5.75 Å². The van der Waals surface area contributed by atoms with Crippen LogP contribution in [0.15, 0.2) is 67.1 Å². The molecule has 10 heteroatoms. The molecule has 0 spiro atoms. The average Bonchev–Trinajstić information content (AvgIpc) is 2.95. The average molecular weight is 540 g/mol. The van der Waals surface area contributed by atoms with Crippen molar-refractivity contribution in [2.24, 2.45) is 0 Å². The van der Waals surface area contributed by atoms with Crippen LogP contribution in [0.25, 0.3) is 0 Å². The van der Waals surface area contributed by atoms with Crippen molar-refractivity contribution in [3.05, 3.63) is 83.9 Å². The summed E-state index contributed by atoms with van der Waals surface area (Å²) in [5, 5.41) is 3.11. The van der Waals surface area contributed by atoms with Crippen LogP contribution in [-0.4, -0.2) is 59.1 Å². The minimum atomic E-state index is -4.33. The molecular weight excluding hydrogens is 507 g/mol.